The first-order valence-electron chi connectivity index (χ1n) is 13.4. The van der Waals surface area contributed by atoms with E-state index in [1.165, 1.54) is 25.3 Å². The van der Waals surface area contributed by atoms with E-state index in [1.807, 2.05) is 4.57 Å². The number of ether oxygens (including phenoxy) is 3. The molecule has 0 fully saturated rings. The molecule has 2 heterocycles. The fraction of sp³-hybridized carbons (Fsp3) is 0.219. The molecule has 0 bridgehead atoms. The van der Waals surface area contributed by atoms with Crippen molar-refractivity contribution in [3.8, 4) is 17.1 Å². The number of esters is 1. The second-order valence-electron chi connectivity index (χ2n) is 9.66. The van der Waals surface area contributed by atoms with Gasteiger partial charge in [-0.2, -0.15) is 13.2 Å². The molecule has 0 amide bonds. The molecule has 0 atom stereocenters. The highest BCUT2D eigenvalue weighted by molar-refractivity contribution is 8.00. The fourth-order valence-corrected chi connectivity index (χ4v) is 5.31. The smallest absolute Gasteiger partial charge is 0.446 e. The van der Waals surface area contributed by atoms with Crippen molar-refractivity contribution >= 4 is 28.8 Å². The van der Waals surface area contributed by atoms with Crippen molar-refractivity contribution < 1.29 is 36.6 Å². The Balaban J connectivity index is 1.35. The van der Waals surface area contributed by atoms with Crippen LogP contribution >= 0.6 is 11.8 Å². The molecule has 12 heteroatoms. The molecule has 0 radical (unpaired) electrons. The molecule has 0 saturated heterocycles. The topological polar surface area (TPSA) is 75.5 Å². The van der Waals surface area contributed by atoms with Gasteiger partial charge in [-0.3, -0.25) is 0 Å². The van der Waals surface area contributed by atoms with E-state index < -0.39 is 17.3 Å². The van der Waals surface area contributed by atoms with Gasteiger partial charge < -0.3 is 18.8 Å². The summed E-state index contributed by atoms with van der Waals surface area (Å²) >= 11 is -0.199. The Hall–Kier alpha value is -4.42. The highest BCUT2D eigenvalue weighted by Crippen LogP contribution is 2.38. The molecule has 0 aliphatic rings. The first kappa shape index (κ1) is 31.0. The maximum atomic E-state index is 15.4. The van der Waals surface area contributed by atoms with Crippen LogP contribution in [0.2, 0.25) is 0 Å². The zero-order chi connectivity index (χ0) is 31.3. The van der Waals surface area contributed by atoms with Crippen LogP contribution in [0.4, 0.5) is 17.6 Å². The van der Waals surface area contributed by atoms with Crippen molar-refractivity contribution in [2.24, 2.45) is 0 Å². The quantitative estimate of drug-likeness (QED) is 0.0858. The molecule has 0 unspecified atom stereocenters. The molecule has 5 rings (SSSR count). The molecule has 2 aromatic heterocycles. The molecular weight excluding hydrogens is 598 g/mol. The van der Waals surface area contributed by atoms with Crippen molar-refractivity contribution in [2.45, 2.75) is 30.0 Å². The number of fused-ring (bicyclic) bond motifs is 1. The van der Waals surface area contributed by atoms with Crippen molar-refractivity contribution in [2.75, 3.05) is 20.8 Å². The monoisotopic (exact) mass is 625 g/mol. The molecule has 44 heavy (non-hydrogen) atoms. The number of nitrogens with zero attached hydrogens (tertiary/aromatic N) is 3. The number of hydrogen-bond acceptors (Lipinski definition) is 7. The lowest BCUT2D eigenvalue weighted by molar-refractivity contribution is -0.0328. The van der Waals surface area contributed by atoms with Crippen LogP contribution in [0.3, 0.4) is 0 Å². The third-order valence-electron chi connectivity index (χ3n) is 6.76. The largest absolute Gasteiger partial charge is 0.473 e. The normalized spacial score (nSPS) is 11.6. The Labute approximate surface area is 254 Å². The van der Waals surface area contributed by atoms with Gasteiger partial charge in [-0.25, -0.2) is 19.2 Å². The number of halogens is 4. The van der Waals surface area contributed by atoms with Gasteiger partial charge in [0.1, 0.15) is 18.2 Å². The van der Waals surface area contributed by atoms with Crippen molar-refractivity contribution in [3.05, 3.63) is 107 Å². The van der Waals surface area contributed by atoms with E-state index in [-0.39, 0.29) is 35.6 Å². The highest BCUT2D eigenvalue weighted by Gasteiger charge is 2.30. The van der Waals surface area contributed by atoms with Gasteiger partial charge in [-0.15, -0.1) is 0 Å². The van der Waals surface area contributed by atoms with Crippen LogP contribution in [0.5, 0.6) is 5.88 Å². The summed E-state index contributed by atoms with van der Waals surface area (Å²) in [5, 5.41) is 0. The predicted octanol–water partition coefficient (Wildman–Crippen LogP) is 7.45. The zero-order valence-corrected chi connectivity index (χ0v) is 24.5. The maximum Gasteiger partial charge on any atom is 0.446 e. The van der Waals surface area contributed by atoms with Crippen LogP contribution in [-0.4, -0.2) is 46.8 Å². The number of methoxy groups -OCH3 is 2. The molecule has 5 aromatic rings. The molecule has 0 aliphatic heterocycles. The van der Waals surface area contributed by atoms with Crippen LogP contribution in [-0.2, 0) is 29.0 Å². The minimum absolute atomic E-state index is 0.0495. The fourth-order valence-electron chi connectivity index (χ4n) is 4.66. The minimum atomic E-state index is -4.42. The summed E-state index contributed by atoms with van der Waals surface area (Å²) < 4.78 is 72.0. The van der Waals surface area contributed by atoms with Crippen molar-refractivity contribution in [3.63, 3.8) is 0 Å². The van der Waals surface area contributed by atoms with Crippen LogP contribution in [0.1, 0.15) is 27.3 Å². The second-order valence-corrected chi connectivity index (χ2v) is 10.8. The number of aromatic nitrogens is 3. The van der Waals surface area contributed by atoms with E-state index in [2.05, 4.69) is 9.97 Å². The molecule has 0 saturated carbocycles. The average Bonchev–Trinajstić information content (AvgIpc) is 3.35. The lowest BCUT2D eigenvalue weighted by atomic mass is 10.1. The van der Waals surface area contributed by atoms with Gasteiger partial charge in [0.15, 0.2) is 0 Å². The van der Waals surface area contributed by atoms with Gasteiger partial charge in [-0.05, 0) is 53.7 Å². The molecule has 0 N–H and O–H groups in total. The summed E-state index contributed by atoms with van der Waals surface area (Å²) in [6.07, 6.45) is 0.185. The second kappa shape index (κ2) is 13.5. The first-order valence-corrected chi connectivity index (χ1v) is 14.3. The van der Waals surface area contributed by atoms with Crippen LogP contribution in [0.15, 0.2) is 83.8 Å². The van der Waals surface area contributed by atoms with E-state index in [1.54, 1.807) is 67.8 Å². The van der Waals surface area contributed by atoms with Crippen LogP contribution < -0.4 is 4.74 Å². The minimum Gasteiger partial charge on any atom is -0.473 e. The third-order valence-corrected chi connectivity index (χ3v) is 7.61. The zero-order valence-electron chi connectivity index (χ0n) is 23.7. The van der Waals surface area contributed by atoms with Gasteiger partial charge in [0.05, 0.1) is 36.0 Å². The van der Waals surface area contributed by atoms with Gasteiger partial charge >= 0.3 is 11.5 Å². The molecule has 228 valence electrons. The first-order chi connectivity index (χ1) is 21.1. The highest BCUT2D eigenvalue weighted by atomic mass is 32.2. The Bertz CT molecular complexity index is 1790. The van der Waals surface area contributed by atoms with E-state index in [9.17, 15) is 18.0 Å². The number of hydrogen-bond donors (Lipinski definition) is 0. The predicted molar refractivity (Wildman–Crippen MR) is 158 cm³/mol. The molecule has 3 aromatic carbocycles. The number of carbonyl (C=O) groups excluding carboxylic acids is 1. The Morgan fingerprint density at radius 2 is 1.75 bits per heavy atom. The van der Waals surface area contributed by atoms with E-state index in [0.29, 0.717) is 58.0 Å². The summed E-state index contributed by atoms with van der Waals surface area (Å²) in [5.41, 5.74) is -0.969. The van der Waals surface area contributed by atoms with Crippen LogP contribution in [0.25, 0.3) is 22.3 Å². The Kier molecular flexibility index (Phi) is 9.50. The summed E-state index contributed by atoms with van der Waals surface area (Å²) in [7, 11) is 2.89. The standard InChI is InChI=1S/C32H27F4N3O4S/c1-41-15-14-39-27-17-22(31(40)42-2)12-13-26(27)37-29(39)18-20-10-11-21(16-24(20)33)25-7-5-9-30(38-25)43-19-23-6-3-4-8-28(23)44-32(34,35)36/h3-13,16-17H,14-15,18-19H2,1-2H3. The van der Waals surface area contributed by atoms with Crippen molar-refractivity contribution in [1.29, 1.82) is 0 Å². The number of benzene rings is 3. The lowest BCUT2D eigenvalue weighted by Crippen LogP contribution is -2.10. The number of imidazole rings is 1. The average molecular weight is 626 g/mol. The third kappa shape index (κ3) is 7.37. The summed E-state index contributed by atoms with van der Waals surface area (Å²) in [6.45, 7) is 0.718. The SMILES string of the molecule is COCCn1c(Cc2ccc(-c3cccc(OCc4ccccc4SC(F)(F)F)n3)cc2F)nc2ccc(C(=O)OC)cc21. The molecule has 0 aliphatic carbocycles. The maximum absolute atomic E-state index is 15.4. The van der Waals surface area contributed by atoms with Gasteiger partial charge in [0, 0.05) is 42.2 Å². The summed E-state index contributed by atoms with van der Waals surface area (Å²) in [5.74, 6) is -0.141. The van der Waals surface area contributed by atoms with E-state index in [0.717, 1.165) is 0 Å². The summed E-state index contributed by atoms with van der Waals surface area (Å²) in [6, 6.07) is 20.9. The van der Waals surface area contributed by atoms with Crippen molar-refractivity contribution in [1.82, 2.24) is 14.5 Å². The number of alkyl halides is 3. The number of thioether (sulfide) groups is 1. The van der Waals surface area contributed by atoms with Gasteiger partial charge in [-0.1, -0.05) is 36.4 Å². The van der Waals surface area contributed by atoms with Gasteiger partial charge in [0.25, 0.3) is 0 Å². The van der Waals surface area contributed by atoms with E-state index >= 15 is 4.39 Å². The molecule has 7 nitrogen and oxygen atoms in total. The van der Waals surface area contributed by atoms with E-state index in [4.69, 9.17) is 14.2 Å². The van der Waals surface area contributed by atoms with Crippen LogP contribution in [0, 0.1) is 5.82 Å². The lowest BCUT2D eigenvalue weighted by Gasteiger charge is -2.12. The van der Waals surface area contributed by atoms with Gasteiger partial charge in [0.2, 0.25) is 5.88 Å². The number of rotatable bonds is 11. The number of carbonyl (C=O) groups is 1. The Morgan fingerprint density at radius 1 is 0.932 bits per heavy atom. The summed E-state index contributed by atoms with van der Waals surface area (Å²) in [4.78, 5) is 21.3. The molecular formula is C32H27F4N3O4S. The number of pyridine rings is 1. The Morgan fingerprint density at radius 3 is 2.50 bits per heavy atom. The molecule has 0 spiro atoms.